The molecule has 0 amide bonds. The van der Waals surface area contributed by atoms with Gasteiger partial charge in [0.15, 0.2) is 0 Å². The molecule has 3 heteroatoms. The maximum Gasteiger partial charge on any atom is 0.0594 e. The van der Waals surface area contributed by atoms with Gasteiger partial charge >= 0.3 is 0 Å². The molecule has 0 saturated heterocycles. The molecule has 0 aliphatic rings. The number of nitrogens with zero attached hydrogens (tertiary/aromatic N) is 1. The van der Waals surface area contributed by atoms with E-state index >= 15 is 0 Å². The second-order valence-electron chi connectivity index (χ2n) is 4.79. The van der Waals surface area contributed by atoms with Crippen LogP contribution in [0, 0.1) is 13.8 Å². The molecule has 100 valence electrons. The third-order valence-electron chi connectivity index (χ3n) is 3.19. The van der Waals surface area contributed by atoms with Crippen LogP contribution in [0.4, 0.5) is 0 Å². The van der Waals surface area contributed by atoms with E-state index in [2.05, 4.69) is 71.3 Å². The Morgan fingerprint density at radius 2 is 2.00 bits per heavy atom. The van der Waals surface area contributed by atoms with Crippen molar-refractivity contribution in [2.24, 2.45) is 0 Å². The Hall–Kier alpha value is -1.19. The van der Waals surface area contributed by atoms with Crippen LogP contribution < -0.4 is 5.32 Å². The monoisotopic (exact) mass is 318 g/mol. The molecule has 0 aliphatic heterocycles. The zero-order valence-electron chi connectivity index (χ0n) is 11.6. The Labute approximate surface area is 123 Å². The molecule has 0 aliphatic carbocycles. The topological polar surface area (TPSA) is 24.9 Å². The molecule has 1 aromatic carbocycles. The Morgan fingerprint density at radius 3 is 2.68 bits per heavy atom. The highest BCUT2D eigenvalue weighted by atomic mass is 79.9. The minimum Gasteiger partial charge on any atom is -0.306 e. The fourth-order valence-corrected chi connectivity index (χ4v) is 2.65. The number of rotatable bonds is 4. The zero-order valence-corrected chi connectivity index (χ0v) is 13.2. The lowest BCUT2D eigenvalue weighted by molar-refractivity contribution is 0.625. The van der Waals surface area contributed by atoms with Gasteiger partial charge in [-0.2, -0.15) is 0 Å². The molecule has 2 rings (SSSR count). The van der Waals surface area contributed by atoms with Crippen LogP contribution in [-0.4, -0.2) is 11.5 Å². The van der Waals surface area contributed by atoms with Gasteiger partial charge in [0.05, 0.1) is 6.04 Å². The van der Waals surface area contributed by atoms with E-state index in [9.17, 15) is 0 Å². The molecule has 1 atom stereocenters. The van der Waals surface area contributed by atoms with E-state index in [0.717, 1.165) is 11.0 Å². The maximum absolute atomic E-state index is 4.31. The Bertz CT molecular complexity index is 566. The summed E-state index contributed by atoms with van der Waals surface area (Å²) in [4.78, 5) is 4.31. The highest BCUT2D eigenvalue weighted by molar-refractivity contribution is 9.10. The molecule has 19 heavy (non-hydrogen) atoms. The van der Waals surface area contributed by atoms with Crippen molar-refractivity contribution in [3.05, 3.63) is 63.4 Å². The first-order valence-electron chi connectivity index (χ1n) is 6.52. The molecule has 1 N–H and O–H groups in total. The number of aromatic nitrogens is 1. The largest absolute Gasteiger partial charge is 0.306 e. The van der Waals surface area contributed by atoms with Crippen molar-refractivity contribution in [1.29, 1.82) is 0 Å². The van der Waals surface area contributed by atoms with Gasteiger partial charge in [-0.3, -0.25) is 4.98 Å². The quantitative estimate of drug-likeness (QED) is 0.915. The molecule has 2 nitrogen and oxygen atoms in total. The SMILES string of the molecule is CCNC(c1cncc(C)c1)c1cc(Br)ccc1C. The predicted octanol–water partition coefficient (Wildman–Crippen LogP) is 4.16. The van der Waals surface area contributed by atoms with E-state index in [1.807, 2.05) is 12.4 Å². The van der Waals surface area contributed by atoms with Crippen molar-refractivity contribution in [2.45, 2.75) is 26.8 Å². The molecular weight excluding hydrogens is 300 g/mol. The van der Waals surface area contributed by atoms with E-state index in [4.69, 9.17) is 0 Å². The summed E-state index contributed by atoms with van der Waals surface area (Å²) < 4.78 is 1.11. The average molecular weight is 319 g/mol. The lowest BCUT2D eigenvalue weighted by Crippen LogP contribution is -2.23. The van der Waals surface area contributed by atoms with E-state index < -0.39 is 0 Å². The van der Waals surface area contributed by atoms with Gasteiger partial charge < -0.3 is 5.32 Å². The van der Waals surface area contributed by atoms with Crippen LogP contribution >= 0.6 is 15.9 Å². The van der Waals surface area contributed by atoms with Gasteiger partial charge in [-0.25, -0.2) is 0 Å². The van der Waals surface area contributed by atoms with E-state index in [1.165, 1.54) is 22.3 Å². The minimum absolute atomic E-state index is 0.190. The van der Waals surface area contributed by atoms with Crippen LogP contribution in [0.25, 0.3) is 0 Å². The van der Waals surface area contributed by atoms with E-state index in [-0.39, 0.29) is 6.04 Å². The van der Waals surface area contributed by atoms with Crippen LogP contribution in [0.1, 0.15) is 35.2 Å². The van der Waals surface area contributed by atoms with Crippen LogP contribution in [0.15, 0.2) is 41.1 Å². The van der Waals surface area contributed by atoms with Crippen LogP contribution in [0.3, 0.4) is 0 Å². The number of benzene rings is 1. The number of halogens is 1. The lowest BCUT2D eigenvalue weighted by atomic mass is 9.95. The fraction of sp³-hybridized carbons (Fsp3) is 0.312. The van der Waals surface area contributed by atoms with Gasteiger partial charge in [-0.05, 0) is 54.8 Å². The van der Waals surface area contributed by atoms with Crippen molar-refractivity contribution >= 4 is 15.9 Å². The molecule has 2 aromatic rings. The average Bonchev–Trinajstić information content (AvgIpc) is 2.39. The molecule has 0 spiro atoms. The summed E-state index contributed by atoms with van der Waals surface area (Å²) in [6, 6.07) is 8.80. The molecule has 0 fully saturated rings. The highest BCUT2D eigenvalue weighted by Crippen LogP contribution is 2.27. The van der Waals surface area contributed by atoms with Gasteiger partial charge in [0, 0.05) is 16.9 Å². The molecule has 0 saturated carbocycles. The van der Waals surface area contributed by atoms with Crippen molar-refractivity contribution in [3.8, 4) is 0 Å². The van der Waals surface area contributed by atoms with Gasteiger partial charge in [0.1, 0.15) is 0 Å². The normalized spacial score (nSPS) is 12.4. The molecular formula is C16H19BrN2. The molecule has 1 unspecified atom stereocenters. The standard InChI is InChI=1S/C16H19BrN2/c1-4-19-16(13-7-11(2)9-18-10-13)15-8-14(17)6-5-12(15)3/h5-10,16,19H,4H2,1-3H3. The first kappa shape index (κ1) is 14.2. The fourth-order valence-electron chi connectivity index (χ4n) is 2.27. The number of nitrogens with one attached hydrogen (secondary N) is 1. The van der Waals surface area contributed by atoms with Crippen molar-refractivity contribution in [2.75, 3.05) is 6.54 Å². The molecule has 1 aromatic heterocycles. The summed E-state index contributed by atoms with van der Waals surface area (Å²) in [6.45, 7) is 7.27. The third kappa shape index (κ3) is 3.43. The maximum atomic E-state index is 4.31. The zero-order chi connectivity index (χ0) is 13.8. The molecule has 0 bridgehead atoms. The van der Waals surface area contributed by atoms with Crippen molar-refractivity contribution in [1.82, 2.24) is 10.3 Å². The van der Waals surface area contributed by atoms with Crippen LogP contribution in [0.5, 0.6) is 0 Å². The first-order valence-corrected chi connectivity index (χ1v) is 7.32. The van der Waals surface area contributed by atoms with E-state index in [1.54, 1.807) is 0 Å². The first-order chi connectivity index (χ1) is 9.11. The summed E-state index contributed by atoms with van der Waals surface area (Å²) in [7, 11) is 0. The molecule has 0 radical (unpaired) electrons. The number of pyridine rings is 1. The Balaban J connectivity index is 2.48. The van der Waals surface area contributed by atoms with Gasteiger partial charge in [0.25, 0.3) is 0 Å². The van der Waals surface area contributed by atoms with E-state index in [0.29, 0.717) is 0 Å². The van der Waals surface area contributed by atoms with Crippen LogP contribution in [-0.2, 0) is 0 Å². The number of aryl methyl sites for hydroxylation is 2. The number of hydrogen-bond acceptors (Lipinski definition) is 2. The van der Waals surface area contributed by atoms with Crippen LogP contribution in [0.2, 0.25) is 0 Å². The summed E-state index contributed by atoms with van der Waals surface area (Å²) in [5.74, 6) is 0. The summed E-state index contributed by atoms with van der Waals surface area (Å²) >= 11 is 3.56. The summed E-state index contributed by atoms with van der Waals surface area (Å²) in [5.41, 5.74) is 4.98. The predicted molar refractivity (Wildman–Crippen MR) is 83.4 cm³/mol. The molecule has 1 heterocycles. The van der Waals surface area contributed by atoms with Crippen molar-refractivity contribution < 1.29 is 0 Å². The Kier molecular flexibility index (Phi) is 4.72. The third-order valence-corrected chi connectivity index (χ3v) is 3.68. The van der Waals surface area contributed by atoms with Crippen molar-refractivity contribution in [3.63, 3.8) is 0 Å². The van der Waals surface area contributed by atoms with Gasteiger partial charge in [-0.1, -0.05) is 35.0 Å². The van der Waals surface area contributed by atoms with Gasteiger partial charge in [0.2, 0.25) is 0 Å². The number of hydrogen-bond donors (Lipinski definition) is 1. The Morgan fingerprint density at radius 1 is 1.21 bits per heavy atom. The minimum atomic E-state index is 0.190. The lowest BCUT2D eigenvalue weighted by Gasteiger charge is -2.21. The highest BCUT2D eigenvalue weighted by Gasteiger charge is 2.16. The smallest absolute Gasteiger partial charge is 0.0594 e. The van der Waals surface area contributed by atoms with Gasteiger partial charge in [-0.15, -0.1) is 0 Å². The summed E-state index contributed by atoms with van der Waals surface area (Å²) in [5, 5.41) is 3.55. The summed E-state index contributed by atoms with van der Waals surface area (Å²) in [6.07, 6.45) is 3.83. The second kappa shape index (κ2) is 6.31. The second-order valence-corrected chi connectivity index (χ2v) is 5.70.